The zero-order valence-electron chi connectivity index (χ0n) is 10.2. The second kappa shape index (κ2) is 5.77. The minimum absolute atomic E-state index is 0.0138. The van der Waals surface area contributed by atoms with Gasteiger partial charge in [-0.3, -0.25) is 14.8 Å². The number of aryl methyl sites for hydroxylation is 1. The zero-order chi connectivity index (χ0) is 13.8. The molecule has 0 unspecified atom stereocenters. The summed E-state index contributed by atoms with van der Waals surface area (Å²) in [6.07, 6.45) is 1.62. The summed E-state index contributed by atoms with van der Waals surface area (Å²) < 4.78 is 1.62. The predicted molar refractivity (Wildman–Crippen MR) is 69.7 cm³/mol. The Morgan fingerprint density at radius 1 is 1.47 bits per heavy atom. The molecule has 1 aromatic carbocycles. The summed E-state index contributed by atoms with van der Waals surface area (Å²) >= 11 is 5.98. The van der Waals surface area contributed by atoms with E-state index < -0.39 is 4.92 Å². The van der Waals surface area contributed by atoms with Crippen LogP contribution in [0, 0.1) is 10.1 Å². The zero-order valence-corrected chi connectivity index (χ0v) is 11.0. The average Bonchev–Trinajstić information content (AvgIpc) is 2.77. The fourth-order valence-electron chi connectivity index (χ4n) is 1.57. The lowest BCUT2D eigenvalue weighted by Gasteiger charge is -2.04. The highest BCUT2D eigenvalue weighted by molar-refractivity contribution is 6.31. The van der Waals surface area contributed by atoms with Gasteiger partial charge in [-0.15, -0.1) is 0 Å². The molecule has 0 aliphatic heterocycles. The van der Waals surface area contributed by atoms with Crippen LogP contribution < -0.4 is 5.32 Å². The molecule has 1 aromatic heterocycles. The Morgan fingerprint density at radius 2 is 2.26 bits per heavy atom. The van der Waals surface area contributed by atoms with Crippen LogP contribution in [0.1, 0.15) is 11.4 Å². The molecule has 2 aromatic rings. The topological polar surface area (TPSA) is 85.9 Å². The number of nitro groups is 1. The van der Waals surface area contributed by atoms with Crippen molar-refractivity contribution in [2.24, 2.45) is 7.05 Å². The summed E-state index contributed by atoms with van der Waals surface area (Å²) in [6, 6.07) is 4.42. The minimum Gasteiger partial charge on any atom is -0.306 e. The van der Waals surface area contributed by atoms with Crippen molar-refractivity contribution in [1.29, 1.82) is 0 Å². The third-order valence-corrected chi connectivity index (χ3v) is 2.84. The van der Waals surface area contributed by atoms with Gasteiger partial charge in [0.1, 0.15) is 6.33 Å². The fourth-order valence-corrected chi connectivity index (χ4v) is 1.81. The van der Waals surface area contributed by atoms with Gasteiger partial charge in [-0.1, -0.05) is 11.6 Å². The molecule has 1 N–H and O–H groups in total. The van der Waals surface area contributed by atoms with Crippen molar-refractivity contribution in [2.45, 2.75) is 13.1 Å². The van der Waals surface area contributed by atoms with E-state index in [-0.39, 0.29) is 5.69 Å². The van der Waals surface area contributed by atoms with E-state index >= 15 is 0 Å². The number of non-ortho nitro benzene ring substituents is 1. The van der Waals surface area contributed by atoms with E-state index in [1.807, 2.05) is 0 Å². The van der Waals surface area contributed by atoms with Gasteiger partial charge < -0.3 is 5.32 Å². The summed E-state index contributed by atoms with van der Waals surface area (Å²) in [4.78, 5) is 14.2. The first-order valence-corrected chi connectivity index (χ1v) is 5.92. The molecule has 7 nitrogen and oxygen atoms in total. The van der Waals surface area contributed by atoms with Gasteiger partial charge in [0, 0.05) is 25.7 Å². The Labute approximate surface area is 114 Å². The summed E-state index contributed by atoms with van der Waals surface area (Å²) in [5.41, 5.74) is 0.781. The van der Waals surface area contributed by atoms with Crippen molar-refractivity contribution in [3.05, 3.63) is 51.1 Å². The quantitative estimate of drug-likeness (QED) is 0.665. The number of rotatable bonds is 5. The van der Waals surface area contributed by atoms with Crippen molar-refractivity contribution in [2.75, 3.05) is 0 Å². The Hall–Kier alpha value is -1.99. The number of benzene rings is 1. The SMILES string of the molecule is Cn1cnc(CNCc2ccc([N+](=O)[O-])cc2Cl)n1. The largest absolute Gasteiger partial charge is 0.306 e. The first kappa shape index (κ1) is 13.4. The summed E-state index contributed by atoms with van der Waals surface area (Å²) in [5, 5.41) is 18.2. The molecule has 1 heterocycles. The smallest absolute Gasteiger partial charge is 0.270 e. The molecule has 19 heavy (non-hydrogen) atoms. The molecule has 8 heteroatoms. The maximum Gasteiger partial charge on any atom is 0.270 e. The van der Waals surface area contributed by atoms with Gasteiger partial charge in [-0.25, -0.2) is 4.98 Å². The molecule has 0 amide bonds. The molecule has 0 bridgehead atoms. The van der Waals surface area contributed by atoms with Crippen LogP contribution in [0.25, 0.3) is 0 Å². The van der Waals surface area contributed by atoms with Crippen molar-refractivity contribution >= 4 is 17.3 Å². The second-order valence-corrected chi connectivity index (χ2v) is 4.38. The average molecular weight is 282 g/mol. The molecule has 0 saturated carbocycles. The van der Waals surface area contributed by atoms with Gasteiger partial charge in [0.25, 0.3) is 5.69 Å². The van der Waals surface area contributed by atoms with E-state index in [1.54, 1.807) is 24.1 Å². The van der Waals surface area contributed by atoms with Gasteiger partial charge in [-0.05, 0) is 11.6 Å². The summed E-state index contributed by atoms with van der Waals surface area (Å²) in [6.45, 7) is 1.00. The Bertz CT molecular complexity index is 599. The normalized spacial score (nSPS) is 10.6. The maximum atomic E-state index is 10.6. The van der Waals surface area contributed by atoms with Crippen LogP contribution in [0.2, 0.25) is 5.02 Å². The lowest BCUT2D eigenvalue weighted by molar-refractivity contribution is -0.384. The third kappa shape index (κ3) is 3.49. The lowest BCUT2D eigenvalue weighted by Crippen LogP contribution is -2.14. The molecule has 0 spiro atoms. The van der Waals surface area contributed by atoms with Crippen LogP contribution in [0.4, 0.5) is 5.69 Å². The van der Waals surface area contributed by atoms with Crippen LogP contribution in [0.3, 0.4) is 0 Å². The van der Waals surface area contributed by atoms with Crippen molar-refractivity contribution in [3.63, 3.8) is 0 Å². The van der Waals surface area contributed by atoms with Crippen LogP contribution in [-0.2, 0) is 20.1 Å². The summed E-state index contributed by atoms with van der Waals surface area (Å²) in [5.74, 6) is 0.681. The maximum absolute atomic E-state index is 10.6. The van der Waals surface area contributed by atoms with Crippen LogP contribution in [0.5, 0.6) is 0 Å². The van der Waals surface area contributed by atoms with Gasteiger partial charge in [0.2, 0.25) is 0 Å². The molecule has 100 valence electrons. The van der Waals surface area contributed by atoms with E-state index in [2.05, 4.69) is 15.4 Å². The molecule has 0 aliphatic rings. The van der Waals surface area contributed by atoms with Crippen LogP contribution in [0.15, 0.2) is 24.5 Å². The highest BCUT2D eigenvalue weighted by Gasteiger charge is 2.09. The monoisotopic (exact) mass is 281 g/mol. The second-order valence-electron chi connectivity index (χ2n) is 3.97. The molecule has 0 atom stereocenters. The standard InChI is InChI=1S/C11H12ClN5O2/c1-16-7-14-11(15-16)6-13-5-8-2-3-9(17(18)19)4-10(8)12/h2-4,7,13H,5-6H2,1H3. The Morgan fingerprint density at radius 3 is 2.84 bits per heavy atom. The van der Waals surface area contributed by atoms with E-state index in [0.717, 1.165) is 5.56 Å². The van der Waals surface area contributed by atoms with Gasteiger partial charge in [0.15, 0.2) is 5.82 Å². The number of nitrogens with one attached hydrogen (secondary N) is 1. The molecule has 0 fully saturated rings. The van der Waals surface area contributed by atoms with E-state index in [0.29, 0.717) is 23.9 Å². The van der Waals surface area contributed by atoms with E-state index in [1.165, 1.54) is 12.1 Å². The van der Waals surface area contributed by atoms with Crippen molar-refractivity contribution in [1.82, 2.24) is 20.1 Å². The number of aromatic nitrogens is 3. The number of nitro benzene ring substituents is 1. The third-order valence-electron chi connectivity index (χ3n) is 2.49. The Kier molecular flexibility index (Phi) is 4.08. The molecular formula is C11H12ClN5O2. The first-order valence-electron chi connectivity index (χ1n) is 5.54. The van der Waals surface area contributed by atoms with E-state index in [9.17, 15) is 10.1 Å². The first-order chi connectivity index (χ1) is 9.06. The van der Waals surface area contributed by atoms with Crippen LogP contribution in [-0.4, -0.2) is 19.7 Å². The lowest BCUT2D eigenvalue weighted by atomic mass is 10.2. The molecule has 0 radical (unpaired) electrons. The molecule has 2 rings (SSSR count). The van der Waals surface area contributed by atoms with E-state index in [4.69, 9.17) is 11.6 Å². The van der Waals surface area contributed by atoms with Crippen LogP contribution >= 0.6 is 11.6 Å². The number of halogens is 1. The molecule has 0 aliphatic carbocycles. The number of nitrogens with zero attached hydrogens (tertiary/aromatic N) is 4. The number of hydrogen-bond acceptors (Lipinski definition) is 5. The van der Waals surface area contributed by atoms with Crippen molar-refractivity contribution < 1.29 is 4.92 Å². The van der Waals surface area contributed by atoms with Gasteiger partial charge in [-0.2, -0.15) is 5.10 Å². The van der Waals surface area contributed by atoms with Crippen molar-refractivity contribution in [3.8, 4) is 0 Å². The Balaban J connectivity index is 1.94. The van der Waals surface area contributed by atoms with Gasteiger partial charge >= 0.3 is 0 Å². The highest BCUT2D eigenvalue weighted by Crippen LogP contribution is 2.22. The predicted octanol–water partition coefficient (Wildman–Crippen LogP) is 1.67. The minimum atomic E-state index is -0.471. The highest BCUT2D eigenvalue weighted by atomic mass is 35.5. The van der Waals surface area contributed by atoms with Gasteiger partial charge in [0.05, 0.1) is 16.5 Å². The fraction of sp³-hybridized carbons (Fsp3) is 0.273. The molecular weight excluding hydrogens is 270 g/mol. The number of hydrogen-bond donors (Lipinski definition) is 1. The summed E-state index contributed by atoms with van der Waals surface area (Å²) in [7, 11) is 1.80. The molecule has 0 saturated heterocycles.